The molecule has 1 aromatic carbocycles. The van der Waals surface area contributed by atoms with E-state index < -0.39 is 0 Å². The van der Waals surface area contributed by atoms with Crippen LogP contribution >= 0.6 is 11.3 Å². The molecule has 1 aliphatic heterocycles. The van der Waals surface area contributed by atoms with Gasteiger partial charge in [-0.15, -0.1) is 11.3 Å². The summed E-state index contributed by atoms with van der Waals surface area (Å²) in [5, 5.41) is 6.07. The van der Waals surface area contributed by atoms with Gasteiger partial charge in [0.05, 0.1) is 17.3 Å². The van der Waals surface area contributed by atoms with Gasteiger partial charge in [0.1, 0.15) is 17.6 Å². The van der Waals surface area contributed by atoms with Crippen LogP contribution < -0.4 is 14.8 Å². The molecule has 0 spiro atoms. The molecule has 1 aliphatic rings. The maximum atomic E-state index is 12.3. The summed E-state index contributed by atoms with van der Waals surface area (Å²) in [5.74, 6) is 1.52. The van der Waals surface area contributed by atoms with Crippen LogP contribution in [0.4, 0.5) is 0 Å². The number of carbonyl (C=O) groups is 1. The van der Waals surface area contributed by atoms with E-state index in [1.807, 2.05) is 31.2 Å². The van der Waals surface area contributed by atoms with Gasteiger partial charge < -0.3 is 14.8 Å². The topological polar surface area (TPSA) is 73.3 Å². The van der Waals surface area contributed by atoms with E-state index in [1.165, 1.54) is 0 Å². The van der Waals surface area contributed by atoms with Crippen molar-refractivity contribution in [3.8, 4) is 22.8 Å². The minimum Gasteiger partial charge on any atom is -0.493 e. The first-order valence-corrected chi connectivity index (χ1v) is 11.8. The molecule has 1 N–H and O–H groups in total. The normalized spacial score (nSPS) is 14.9. The molecule has 1 amide bonds. The average molecular weight is 450 g/mol. The summed E-state index contributed by atoms with van der Waals surface area (Å²) in [7, 11) is 0. The molecular formula is C25H27N3O3S. The van der Waals surface area contributed by atoms with E-state index in [-0.39, 0.29) is 12.0 Å². The van der Waals surface area contributed by atoms with E-state index >= 15 is 0 Å². The number of ether oxygens (including phenoxy) is 2. The number of carbonyl (C=O) groups excluding carboxylic acids is 1. The zero-order chi connectivity index (χ0) is 22.3. The van der Waals surface area contributed by atoms with Crippen LogP contribution in [0.1, 0.15) is 36.4 Å². The number of thiazole rings is 1. The van der Waals surface area contributed by atoms with Crippen molar-refractivity contribution in [3.05, 3.63) is 64.2 Å². The molecular weight excluding hydrogens is 422 g/mol. The Balaban J connectivity index is 1.27. The van der Waals surface area contributed by atoms with Gasteiger partial charge in [-0.2, -0.15) is 0 Å². The monoisotopic (exact) mass is 449 g/mol. The highest BCUT2D eigenvalue weighted by atomic mass is 32.1. The van der Waals surface area contributed by atoms with Gasteiger partial charge in [-0.3, -0.25) is 9.78 Å². The Kier molecular flexibility index (Phi) is 7.17. The first-order valence-electron chi connectivity index (χ1n) is 10.9. The minimum absolute atomic E-state index is 0.126. The summed E-state index contributed by atoms with van der Waals surface area (Å²) in [6.45, 7) is 5.17. The Hall–Kier alpha value is -3.19. The summed E-state index contributed by atoms with van der Waals surface area (Å²) in [6, 6.07) is 7.89. The van der Waals surface area contributed by atoms with Crippen molar-refractivity contribution in [2.45, 2.75) is 39.2 Å². The Morgan fingerprint density at radius 1 is 1.34 bits per heavy atom. The minimum atomic E-state index is -0.126. The van der Waals surface area contributed by atoms with Crippen molar-refractivity contribution < 1.29 is 14.3 Å². The molecule has 166 valence electrons. The van der Waals surface area contributed by atoms with E-state index in [4.69, 9.17) is 9.47 Å². The number of hydrogen-bond acceptors (Lipinski definition) is 6. The lowest BCUT2D eigenvalue weighted by Crippen LogP contribution is -2.22. The lowest BCUT2D eigenvalue weighted by Gasteiger charge is -2.10. The fraction of sp³-hybridized carbons (Fsp3) is 0.320. The second-order valence-corrected chi connectivity index (χ2v) is 8.60. The molecule has 0 aliphatic carbocycles. The Labute approximate surface area is 192 Å². The first-order chi connectivity index (χ1) is 15.6. The second-order valence-electron chi connectivity index (χ2n) is 7.65. The molecule has 3 heterocycles. The number of amides is 1. The first kappa shape index (κ1) is 22.0. The molecule has 0 radical (unpaired) electrons. The van der Waals surface area contributed by atoms with Crippen LogP contribution in [-0.4, -0.2) is 35.1 Å². The Bertz CT molecular complexity index is 1100. The van der Waals surface area contributed by atoms with E-state index in [9.17, 15) is 4.79 Å². The summed E-state index contributed by atoms with van der Waals surface area (Å²) in [6.07, 6.45) is 9.58. The van der Waals surface area contributed by atoms with Crippen molar-refractivity contribution in [2.24, 2.45) is 0 Å². The second kappa shape index (κ2) is 10.4. The van der Waals surface area contributed by atoms with E-state index in [2.05, 4.69) is 27.6 Å². The quantitative estimate of drug-likeness (QED) is 0.379. The van der Waals surface area contributed by atoms with E-state index in [1.54, 1.807) is 35.9 Å². The lowest BCUT2D eigenvalue weighted by atomic mass is 10.1. The third-order valence-corrected chi connectivity index (χ3v) is 6.05. The zero-order valence-electron chi connectivity index (χ0n) is 18.3. The van der Waals surface area contributed by atoms with Crippen LogP contribution in [0.15, 0.2) is 48.1 Å². The molecule has 3 aromatic rings. The fourth-order valence-corrected chi connectivity index (χ4v) is 4.47. The molecule has 2 aromatic heterocycles. The van der Waals surface area contributed by atoms with Crippen LogP contribution in [-0.2, 0) is 17.6 Å². The largest absolute Gasteiger partial charge is 0.493 e. The molecule has 1 unspecified atom stereocenters. The molecule has 1 atom stereocenters. The third kappa shape index (κ3) is 5.53. The fourth-order valence-electron chi connectivity index (χ4n) is 3.62. The van der Waals surface area contributed by atoms with Crippen LogP contribution in [0.5, 0.6) is 11.5 Å². The van der Waals surface area contributed by atoms with Gasteiger partial charge in [-0.25, -0.2) is 4.98 Å². The summed E-state index contributed by atoms with van der Waals surface area (Å²) in [5.41, 5.74) is 4.04. The number of nitrogens with one attached hydrogen (secondary N) is 1. The van der Waals surface area contributed by atoms with Crippen molar-refractivity contribution in [1.82, 2.24) is 15.3 Å². The summed E-state index contributed by atoms with van der Waals surface area (Å²) >= 11 is 1.64. The van der Waals surface area contributed by atoms with Gasteiger partial charge in [0.2, 0.25) is 5.91 Å². The molecule has 0 fully saturated rings. The lowest BCUT2D eigenvalue weighted by molar-refractivity contribution is -0.116. The standard InChI is InChI=1S/C25H27N3O3S/c1-3-30-22-15-20-13-17(2)31-23(20)14-19(22)6-7-24(29)27-10-4-5-25-28-21(16-32-25)18-8-11-26-12-9-18/h6-9,11-12,14-17H,3-5,10,13H2,1-2H3,(H,27,29)/b7-6+. The van der Waals surface area contributed by atoms with Gasteiger partial charge in [0, 0.05) is 59.9 Å². The SMILES string of the molecule is CCOc1cc2c(cc1/C=C/C(=O)NCCCc1nc(-c3ccncc3)cs1)OC(C)C2. The smallest absolute Gasteiger partial charge is 0.244 e. The highest BCUT2D eigenvalue weighted by Crippen LogP contribution is 2.35. The third-order valence-electron chi connectivity index (χ3n) is 5.14. The molecule has 6 nitrogen and oxygen atoms in total. The van der Waals surface area contributed by atoms with Gasteiger partial charge in [0.25, 0.3) is 0 Å². The number of hydrogen-bond donors (Lipinski definition) is 1. The number of aromatic nitrogens is 2. The highest BCUT2D eigenvalue weighted by molar-refractivity contribution is 7.09. The van der Waals surface area contributed by atoms with Crippen molar-refractivity contribution in [2.75, 3.05) is 13.2 Å². The Morgan fingerprint density at radius 3 is 3.00 bits per heavy atom. The number of aryl methyl sites for hydroxylation is 1. The highest BCUT2D eigenvalue weighted by Gasteiger charge is 2.21. The predicted octanol–water partition coefficient (Wildman–Crippen LogP) is 4.69. The van der Waals surface area contributed by atoms with Crippen LogP contribution in [0, 0.1) is 0 Å². The number of pyridine rings is 1. The number of rotatable bonds is 9. The van der Waals surface area contributed by atoms with Gasteiger partial charge >= 0.3 is 0 Å². The van der Waals surface area contributed by atoms with Gasteiger partial charge in [-0.05, 0) is 50.6 Å². The van der Waals surface area contributed by atoms with Crippen molar-refractivity contribution >= 4 is 23.3 Å². The van der Waals surface area contributed by atoms with Crippen molar-refractivity contribution in [3.63, 3.8) is 0 Å². The number of fused-ring (bicyclic) bond motifs is 1. The molecule has 32 heavy (non-hydrogen) atoms. The molecule has 4 rings (SSSR count). The maximum Gasteiger partial charge on any atom is 0.244 e. The molecule has 7 heteroatoms. The summed E-state index contributed by atoms with van der Waals surface area (Å²) < 4.78 is 11.6. The maximum absolute atomic E-state index is 12.3. The van der Waals surface area contributed by atoms with Gasteiger partial charge in [-0.1, -0.05) is 0 Å². The predicted molar refractivity (Wildman–Crippen MR) is 127 cm³/mol. The van der Waals surface area contributed by atoms with Crippen molar-refractivity contribution in [1.29, 1.82) is 0 Å². The Morgan fingerprint density at radius 2 is 2.19 bits per heavy atom. The van der Waals surface area contributed by atoms with E-state index in [0.717, 1.165) is 58.2 Å². The van der Waals surface area contributed by atoms with Crippen LogP contribution in [0.25, 0.3) is 17.3 Å². The number of nitrogens with zero attached hydrogens (tertiary/aromatic N) is 2. The number of benzene rings is 1. The molecule has 0 saturated carbocycles. The zero-order valence-corrected chi connectivity index (χ0v) is 19.2. The van der Waals surface area contributed by atoms with Crippen LogP contribution in [0.3, 0.4) is 0 Å². The molecule has 0 bridgehead atoms. The average Bonchev–Trinajstić information content (AvgIpc) is 3.41. The molecule has 0 saturated heterocycles. The summed E-state index contributed by atoms with van der Waals surface area (Å²) in [4.78, 5) is 21.0. The van der Waals surface area contributed by atoms with Gasteiger partial charge in [0.15, 0.2) is 0 Å². The van der Waals surface area contributed by atoms with Crippen LogP contribution in [0.2, 0.25) is 0 Å². The van der Waals surface area contributed by atoms with E-state index in [0.29, 0.717) is 13.2 Å².